The number of halogens is 4. The average Bonchev–Trinajstić information content (AvgIpc) is 2.57. The zero-order valence-electron chi connectivity index (χ0n) is 13.7. The first-order valence-corrected chi connectivity index (χ1v) is 11.9. The van der Waals surface area contributed by atoms with Gasteiger partial charge in [-0.25, -0.2) is 21.6 Å². The van der Waals surface area contributed by atoms with Crippen LogP contribution in [0, 0.1) is 0 Å². The monoisotopic (exact) mass is 570 g/mol. The van der Waals surface area contributed by atoms with Crippen molar-refractivity contribution >= 4 is 74.0 Å². The molecular weight excluding hydrogens is 555 g/mol. The number of hydrogen-bond acceptors (Lipinski definition) is 5. The number of rotatable bonds is 3. The maximum Gasteiger partial charge on any atom is 0.261 e. The van der Waals surface area contributed by atoms with E-state index in [2.05, 4.69) is 42.3 Å². The van der Waals surface area contributed by atoms with Gasteiger partial charge in [0.25, 0.3) is 9.05 Å². The van der Waals surface area contributed by atoms with Gasteiger partial charge in [-0.15, -0.1) is 12.4 Å². The van der Waals surface area contributed by atoms with Gasteiger partial charge in [-0.05, 0) is 62.6 Å². The molecule has 2 aromatic rings. The molecule has 0 bridgehead atoms. The van der Waals surface area contributed by atoms with Gasteiger partial charge in [0.1, 0.15) is 0 Å². The van der Waals surface area contributed by atoms with Gasteiger partial charge in [-0.3, -0.25) is 0 Å². The molecule has 0 saturated carbocycles. The summed E-state index contributed by atoms with van der Waals surface area (Å²) >= 11 is 6.39. The van der Waals surface area contributed by atoms with Crippen molar-refractivity contribution in [3.8, 4) is 0 Å². The highest BCUT2D eigenvalue weighted by Crippen LogP contribution is 2.17. The first-order valence-electron chi connectivity index (χ1n) is 6.53. The summed E-state index contributed by atoms with van der Waals surface area (Å²) in [7, 11) is 1.10. The highest BCUT2D eigenvalue weighted by molar-refractivity contribution is 9.10. The van der Waals surface area contributed by atoms with Crippen molar-refractivity contribution in [1.82, 2.24) is 4.72 Å². The third kappa shape index (κ3) is 10.2. The van der Waals surface area contributed by atoms with E-state index in [-0.39, 0.29) is 22.2 Å². The van der Waals surface area contributed by atoms with Crippen molar-refractivity contribution in [3.05, 3.63) is 57.5 Å². The zero-order valence-corrected chi connectivity index (χ0v) is 20.1. The summed E-state index contributed by atoms with van der Waals surface area (Å²) in [5, 5.41) is 0. The van der Waals surface area contributed by atoms with Crippen LogP contribution in [0.1, 0.15) is 0 Å². The van der Waals surface area contributed by atoms with Crippen LogP contribution in [-0.4, -0.2) is 30.9 Å². The highest BCUT2D eigenvalue weighted by atomic mass is 79.9. The molecule has 0 aromatic heterocycles. The first-order chi connectivity index (χ1) is 11.6. The largest absolute Gasteiger partial charge is 0.333 e. The van der Waals surface area contributed by atoms with E-state index >= 15 is 0 Å². The van der Waals surface area contributed by atoms with E-state index in [0.717, 1.165) is 8.95 Å². The van der Waals surface area contributed by atoms with Gasteiger partial charge in [0.15, 0.2) is 0 Å². The van der Waals surface area contributed by atoms with E-state index in [1.807, 2.05) is 0 Å². The standard InChI is InChI=1S/C7H8BrNO2S.C6H4BrClO2S.CH5N.ClH/c1-9-12(10,11)7-4-2-6(8)3-5-7;7-5-1-3-6(4-2-5)11(8,9)10;1-2;/h2-5,9H,1H3;1-4H;2H2,1H3;1H. The fourth-order valence-corrected chi connectivity index (χ4v) is 3.36. The number of sulfonamides is 1. The minimum atomic E-state index is -3.57. The maximum absolute atomic E-state index is 11.2. The summed E-state index contributed by atoms with van der Waals surface area (Å²) in [6, 6.07) is 12.6. The molecule has 0 saturated heterocycles. The Morgan fingerprint density at radius 3 is 1.38 bits per heavy atom. The second kappa shape index (κ2) is 13.1. The summed E-state index contributed by atoms with van der Waals surface area (Å²) in [6.07, 6.45) is 0. The fourth-order valence-electron chi connectivity index (χ4n) is 1.33. The average molecular weight is 573 g/mol. The third-order valence-electron chi connectivity index (χ3n) is 2.49. The van der Waals surface area contributed by atoms with Gasteiger partial charge in [0.05, 0.1) is 9.79 Å². The molecule has 3 N–H and O–H groups in total. The van der Waals surface area contributed by atoms with Crippen molar-refractivity contribution in [3.63, 3.8) is 0 Å². The van der Waals surface area contributed by atoms with Gasteiger partial charge in [-0.1, -0.05) is 31.9 Å². The summed E-state index contributed by atoms with van der Waals surface area (Å²) in [4.78, 5) is 0.385. The van der Waals surface area contributed by atoms with E-state index in [4.69, 9.17) is 10.7 Å². The Morgan fingerprint density at radius 2 is 1.12 bits per heavy atom. The Morgan fingerprint density at radius 1 is 0.808 bits per heavy atom. The van der Waals surface area contributed by atoms with Crippen LogP contribution >= 0.6 is 54.9 Å². The third-order valence-corrected chi connectivity index (χ3v) is 6.35. The Hall–Kier alpha value is -0.200. The molecule has 0 aliphatic carbocycles. The normalized spacial score (nSPS) is 10.4. The minimum Gasteiger partial charge on any atom is -0.333 e. The van der Waals surface area contributed by atoms with Crippen molar-refractivity contribution in [2.24, 2.45) is 5.73 Å². The second-order valence-corrected chi connectivity index (χ2v) is 10.3. The molecule has 0 amide bonds. The lowest BCUT2D eigenvalue weighted by molar-refractivity contribution is 0.588. The molecule has 0 atom stereocenters. The molecule has 148 valence electrons. The molecule has 0 radical (unpaired) electrons. The van der Waals surface area contributed by atoms with Crippen LogP contribution in [0.3, 0.4) is 0 Å². The first kappa shape index (κ1) is 28.0. The van der Waals surface area contributed by atoms with Crippen LogP contribution in [0.4, 0.5) is 0 Å². The number of nitrogens with two attached hydrogens (primary N) is 1. The summed E-state index contributed by atoms with van der Waals surface area (Å²) in [6.45, 7) is 0. The lowest BCUT2D eigenvalue weighted by Crippen LogP contribution is -2.18. The topological polar surface area (TPSA) is 106 Å². The van der Waals surface area contributed by atoms with E-state index in [0.29, 0.717) is 0 Å². The van der Waals surface area contributed by atoms with Crippen LogP contribution in [-0.2, 0) is 19.1 Å². The molecule has 26 heavy (non-hydrogen) atoms. The summed E-state index contributed by atoms with van der Waals surface area (Å²) in [5.74, 6) is 0. The number of nitrogens with one attached hydrogen (secondary N) is 1. The molecule has 0 aliphatic rings. The molecule has 6 nitrogen and oxygen atoms in total. The van der Waals surface area contributed by atoms with Crippen molar-refractivity contribution in [2.45, 2.75) is 9.79 Å². The molecule has 2 aromatic carbocycles. The lowest BCUT2D eigenvalue weighted by Gasteiger charge is -2.00. The second-order valence-electron chi connectivity index (χ2n) is 4.05. The number of benzene rings is 2. The molecule has 12 heteroatoms. The van der Waals surface area contributed by atoms with Crippen LogP contribution < -0.4 is 10.5 Å². The van der Waals surface area contributed by atoms with Gasteiger partial charge in [0, 0.05) is 19.6 Å². The smallest absolute Gasteiger partial charge is 0.261 e. The summed E-state index contributed by atoms with van der Waals surface area (Å²) < 4.78 is 47.7. The van der Waals surface area contributed by atoms with Crippen LogP contribution in [0.15, 0.2) is 67.3 Å². The lowest BCUT2D eigenvalue weighted by atomic mass is 10.4. The van der Waals surface area contributed by atoms with Gasteiger partial charge >= 0.3 is 0 Å². The highest BCUT2D eigenvalue weighted by Gasteiger charge is 2.09. The van der Waals surface area contributed by atoms with E-state index in [1.165, 1.54) is 38.4 Å². The van der Waals surface area contributed by atoms with Gasteiger partial charge in [0.2, 0.25) is 10.0 Å². The molecule has 0 spiro atoms. The van der Waals surface area contributed by atoms with Gasteiger partial charge in [-0.2, -0.15) is 0 Å². The van der Waals surface area contributed by atoms with E-state index in [9.17, 15) is 16.8 Å². The van der Waals surface area contributed by atoms with Crippen LogP contribution in [0.5, 0.6) is 0 Å². The van der Waals surface area contributed by atoms with Crippen LogP contribution in [0.25, 0.3) is 0 Å². The number of hydrogen-bond donors (Lipinski definition) is 2. The maximum atomic E-state index is 11.2. The molecule has 2 rings (SSSR count). The zero-order chi connectivity index (χ0) is 19.7. The predicted octanol–water partition coefficient (Wildman–Crippen LogP) is 3.73. The Balaban J connectivity index is 0. The Labute approximate surface area is 181 Å². The molecule has 0 unspecified atom stereocenters. The quantitative estimate of drug-likeness (QED) is 0.545. The molecular formula is C14H18Br2Cl2N2O4S2. The fraction of sp³-hybridized carbons (Fsp3) is 0.143. The molecule has 0 aliphatic heterocycles. The van der Waals surface area contributed by atoms with E-state index in [1.54, 1.807) is 24.3 Å². The van der Waals surface area contributed by atoms with Crippen LogP contribution in [0.2, 0.25) is 0 Å². The molecule has 0 fully saturated rings. The van der Waals surface area contributed by atoms with Crippen molar-refractivity contribution in [1.29, 1.82) is 0 Å². The summed E-state index contributed by atoms with van der Waals surface area (Å²) in [5.41, 5.74) is 4.50. The SMILES string of the molecule is CN.CNS(=O)(=O)c1ccc(Br)cc1.Cl.O=S(=O)(Cl)c1ccc(Br)cc1. The predicted molar refractivity (Wildman–Crippen MR) is 115 cm³/mol. The Kier molecular flexibility index (Phi) is 14.1. The Bertz CT molecular complexity index is 861. The van der Waals surface area contributed by atoms with Crippen molar-refractivity contribution < 1.29 is 16.8 Å². The van der Waals surface area contributed by atoms with Crippen molar-refractivity contribution in [2.75, 3.05) is 14.1 Å². The van der Waals surface area contributed by atoms with Gasteiger partial charge < -0.3 is 5.73 Å². The molecule has 0 heterocycles. The minimum absolute atomic E-state index is 0. The van der Waals surface area contributed by atoms with E-state index < -0.39 is 19.1 Å².